The molecule has 1 unspecified atom stereocenters. The fourth-order valence-electron chi connectivity index (χ4n) is 2.13. The predicted octanol–water partition coefficient (Wildman–Crippen LogP) is 3.77. The molecule has 0 bridgehead atoms. The van der Waals surface area contributed by atoms with E-state index in [1.165, 1.54) is 12.2 Å². The lowest BCUT2D eigenvalue weighted by Gasteiger charge is -2.15. The Labute approximate surface area is 116 Å². The van der Waals surface area contributed by atoms with Gasteiger partial charge in [0.2, 0.25) is 12.2 Å². The summed E-state index contributed by atoms with van der Waals surface area (Å²) in [5, 5.41) is 0. The van der Waals surface area contributed by atoms with Gasteiger partial charge in [-0.3, -0.25) is 0 Å². The fraction of sp³-hybridized carbons (Fsp3) is 0.125. The molecular formula is C16H12N2O2. The molecule has 4 nitrogen and oxygen atoms in total. The number of isocyanates is 2. The van der Waals surface area contributed by atoms with Gasteiger partial charge in [0, 0.05) is 5.92 Å². The molecule has 4 heteroatoms. The summed E-state index contributed by atoms with van der Waals surface area (Å²) in [5.74, 6) is 0.0186. The first kappa shape index (κ1) is 13.6. The average molecular weight is 264 g/mol. The summed E-state index contributed by atoms with van der Waals surface area (Å²) in [6.07, 6.45) is 2.99. The maximum absolute atomic E-state index is 10.6. The predicted molar refractivity (Wildman–Crippen MR) is 76.0 cm³/mol. The Balaban J connectivity index is 2.59. The SMILES string of the molecule is CC(c1ccccc1)c1cccc(N=C=O)c1N=C=O. The van der Waals surface area contributed by atoms with E-state index >= 15 is 0 Å². The third-order valence-electron chi connectivity index (χ3n) is 3.14. The van der Waals surface area contributed by atoms with Crippen LogP contribution in [0.3, 0.4) is 0 Å². The van der Waals surface area contributed by atoms with E-state index in [-0.39, 0.29) is 5.92 Å². The van der Waals surface area contributed by atoms with Crippen LogP contribution in [-0.4, -0.2) is 12.2 Å². The summed E-state index contributed by atoms with van der Waals surface area (Å²) >= 11 is 0. The van der Waals surface area contributed by atoms with E-state index < -0.39 is 0 Å². The number of nitrogens with zero attached hydrogens (tertiary/aromatic N) is 2. The molecule has 0 fully saturated rings. The molecule has 0 N–H and O–H groups in total. The quantitative estimate of drug-likeness (QED) is 0.623. The van der Waals surface area contributed by atoms with E-state index in [4.69, 9.17) is 0 Å². The lowest BCUT2D eigenvalue weighted by Crippen LogP contribution is -1.96. The van der Waals surface area contributed by atoms with Gasteiger partial charge in [-0.25, -0.2) is 9.59 Å². The molecule has 0 saturated carbocycles. The van der Waals surface area contributed by atoms with Gasteiger partial charge >= 0.3 is 0 Å². The first-order valence-corrected chi connectivity index (χ1v) is 6.11. The molecule has 2 aromatic rings. The maximum Gasteiger partial charge on any atom is 0.240 e. The first-order valence-electron chi connectivity index (χ1n) is 6.11. The van der Waals surface area contributed by atoms with Gasteiger partial charge in [0.15, 0.2) is 0 Å². The smallest absolute Gasteiger partial charge is 0.211 e. The number of benzene rings is 2. The number of para-hydroxylation sites is 1. The van der Waals surface area contributed by atoms with Crippen LogP contribution in [0, 0.1) is 0 Å². The van der Waals surface area contributed by atoms with Crippen LogP contribution in [0.25, 0.3) is 0 Å². The Hall–Kier alpha value is -2.80. The second kappa shape index (κ2) is 6.39. The van der Waals surface area contributed by atoms with Gasteiger partial charge < -0.3 is 0 Å². The molecule has 1 atom stereocenters. The van der Waals surface area contributed by atoms with Crippen molar-refractivity contribution in [3.05, 3.63) is 59.7 Å². The monoisotopic (exact) mass is 264 g/mol. The van der Waals surface area contributed by atoms with Gasteiger partial charge in [-0.15, -0.1) is 0 Å². The Bertz CT molecular complexity index is 698. The van der Waals surface area contributed by atoms with E-state index in [0.29, 0.717) is 11.4 Å². The largest absolute Gasteiger partial charge is 0.240 e. The van der Waals surface area contributed by atoms with Crippen LogP contribution in [-0.2, 0) is 9.59 Å². The molecule has 2 rings (SSSR count). The number of aliphatic imine (C=N–C) groups is 2. The fourth-order valence-corrected chi connectivity index (χ4v) is 2.13. The molecule has 0 aliphatic rings. The molecule has 0 aliphatic carbocycles. The number of rotatable bonds is 4. The van der Waals surface area contributed by atoms with E-state index in [1.54, 1.807) is 12.1 Å². The molecule has 20 heavy (non-hydrogen) atoms. The number of hydrogen-bond acceptors (Lipinski definition) is 4. The third kappa shape index (κ3) is 2.78. The first-order chi connectivity index (χ1) is 9.77. The highest BCUT2D eigenvalue weighted by Crippen LogP contribution is 2.38. The van der Waals surface area contributed by atoms with Crippen LogP contribution in [0.1, 0.15) is 24.0 Å². The lowest BCUT2D eigenvalue weighted by molar-refractivity contribution is 0.564. The Morgan fingerprint density at radius 2 is 1.60 bits per heavy atom. The van der Waals surface area contributed by atoms with Crippen LogP contribution < -0.4 is 0 Å². The highest BCUT2D eigenvalue weighted by Gasteiger charge is 2.15. The molecule has 98 valence electrons. The molecule has 0 aliphatic heterocycles. The van der Waals surface area contributed by atoms with Crippen molar-refractivity contribution in [3.8, 4) is 0 Å². The molecule has 0 radical (unpaired) electrons. The summed E-state index contributed by atoms with van der Waals surface area (Å²) in [7, 11) is 0. The summed E-state index contributed by atoms with van der Waals surface area (Å²) < 4.78 is 0. The number of hydrogen-bond donors (Lipinski definition) is 0. The van der Waals surface area contributed by atoms with Gasteiger partial charge in [0.1, 0.15) is 11.4 Å². The van der Waals surface area contributed by atoms with Crippen LogP contribution in [0.15, 0.2) is 58.5 Å². The second-order valence-corrected chi connectivity index (χ2v) is 4.25. The second-order valence-electron chi connectivity index (χ2n) is 4.25. The van der Waals surface area contributed by atoms with Gasteiger partial charge in [0.25, 0.3) is 0 Å². The molecule has 0 spiro atoms. The zero-order chi connectivity index (χ0) is 14.4. The highest BCUT2D eigenvalue weighted by atomic mass is 16.1. The van der Waals surface area contributed by atoms with Crippen LogP contribution in [0.2, 0.25) is 0 Å². The highest BCUT2D eigenvalue weighted by molar-refractivity contribution is 5.72. The van der Waals surface area contributed by atoms with Crippen LogP contribution in [0.4, 0.5) is 11.4 Å². The molecule has 0 heterocycles. The van der Waals surface area contributed by atoms with Crippen molar-refractivity contribution in [2.24, 2.45) is 9.98 Å². The topological polar surface area (TPSA) is 58.9 Å². The Morgan fingerprint density at radius 1 is 0.900 bits per heavy atom. The van der Waals surface area contributed by atoms with Gasteiger partial charge in [-0.2, -0.15) is 9.98 Å². The minimum absolute atomic E-state index is 0.0186. The summed E-state index contributed by atoms with van der Waals surface area (Å²) in [4.78, 5) is 28.3. The van der Waals surface area contributed by atoms with Crippen molar-refractivity contribution < 1.29 is 9.59 Å². The van der Waals surface area contributed by atoms with E-state index in [0.717, 1.165) is 11.1 Å². The van der Waals surface area contributed by atoms with Crippen LogP contribution >= 0.6 is 0 Å². The normalized spacial score (nSPS) is 11.1. The van der Waals surface area contributed by atoms with Gasteiger partial charge in [0.05, 0.1) is 0 Å². The minimum atomic E-state index is 0.0186. The van der Waals surface area contributed by atoms with Crippen molar-refractivity contribution in [1.29, 1.82) is 0 Å². The van der Waals surface area contributed by atoms with Crippen molar-refractivity contribution in [1.82, 2.24) is 0 Å². The standard InChI is InChI=1S/C16H12N2O2/c1-12(13-6-3-2-4-7-13)14-8-5-9-15(17-10-19)16(14)18-11-20/h2-9,12H,1H3. The van der Waals surface area contributed by atoms with E-state index in [9.17, 15) is 9.59 Å². The van der Waals surface area contributed by atoms with Crippen molar-refractivity contribution in [3.63, 3.8) is 0 Å². The molecular weight excluding hydrogens is 252 g/mol. The summed E-state index contributed by atoms with van der Waals surface area (Å²) in [5.41, 5.74) is 2.59. The summed E-state index contributed by atoms with van der Waals surface area (Å²) in [6, 6.07) is 15.1. The van der Waals surface area contributed by atoms with E-state index in [2.05, 4.69) is 9.98 Å². The zero-order valence-electron chi connectivity index (χ0n) is 10.9. The molecule has 0 saturated heterocycles. The van der Waals surface area contributed by atoms with E-state index in [1.807, 2.05) is 43.3 Å². The van der Waals surface area contributed by atoms with Crippen LogP contribution in [0.5, 0.6) is 0 Å². The zero-order valence-corrected chi connectivity index (χ0v) is 10.9. The Morgan fingerprint density at radius 3 is 2.25 bits per heavy atom. The van der Waals surface area contributed by atoms with Gasteiger partial charge in [-0.1, -0.05) is 49.4 Å². The lowest BCUT2D eigenvalue weighted by atomic mass is 9.91. The minimum Gasteiger partial charge on any atom is -0.211 e. The maximum atomic E-state index is 10.6. The third-order valence-corrected chi connectivity index (χ3v) is 3.14. The molecule has 2 aromatic carbocycles. The number of carbonyl (C=O) groups excluding carboxylic acids is 2. The van der Waals surface area contributed by atoms with Crippen molar-refractivity contribution >= 4 is 23.5 Å². The molecule has 0 amide bonds. The van der Waals surface area contributed by atoms with Crippen molar-refractivity contribution in [2.45, 2.75) is 12.8 Å². The van der Waals surface area contributed by atoms with Crippen molar-refractivity contribution in [2.75, 3.05) is 0 Å². The average Bonchev–Trinajstić information content (AvgIpc) is 2.49. The summed E-state index contributed by atoms with van der Waals surface area (Å²) in [6.45, 7) is 2.00. The molecule has 0 aromatic heterocycles. The van der Waals surface area contributed by atoms with Gasteiger partial charge in [-0.05, 0) is 17.2 Å². The Kier molecular flexibility index (Phi) is 4.35.